The second-order valence-electron chi connectivity index (χ2n) is 5.74. The Labute approximate surface area is 139 Å². The van der Waals surface area contributed by atoms with E-state index in [1.165, 1.54) is 0 Å². The molecule has 0 aliphatic carbocycles. The van der Waals surface area contributed by atoms with E-state index in [0.717, 1.165) is 51.4 Å². The van der Waals surface area contributed by atoms with Crippen molar-refractivity contribution in [3.05, 3.63) is 0 Å². The van der Waals surface area contributed by atoms with Gasteiger partial charge in [0.1, 0.15) is 0 Å². The van der Waals surface area contributed by atoms with Crippen LogP contribution in [0.1, 0.15) is 70.6 Å². The van der Waals surface area contributed by atoms with Gasteiger partial charge in [0.05, 0.1) is 42.7 Å². The molecule has 1 unspecified atom stereocenters. The molecule has 0 aromatic carbocycles. The first-order valence-corrected chi connectivity index (χ1v) is 8.16. The molecule has 0 heterocycles. The van der Waals surface area contributed by atoms with Crippen molar-refractivity contribution in [3.8, 4) is 30.3 Å². The van der Waals surface area contributed by atoms with Crippen LogP contribution in [0.25, 0.3) is 0 Å². The van der Waals surface area contributed by atoms with E-state index in [1.54, 1.807) is 0 Å². The van der Waals surface area contributed by atoms with Gasteiger partial charge in [-0.1, -0.05) is 44.9 Å². The minimum atomic E-state index is -1.50. The highest BCUT2D eigenvalue weighted by Gasteiger charge is 2.39. The van der Waals surface area contributed by atoms with E-state index in [4.69, 9.17) is 10.5 Å². The number of nitrogens with zero attached hydrogens (tertiary/aromatic N) is 5. The Morgan fingerprint density at radius 3 is 1.61 bits per heavy atom. The molecule has 0 bridgehead atoms. The second-order valence-corrected chi connectivity index (χ2v) is 5.74. The zero-order chi connectivity index (χ0) is 17.4. The third kappa shape index (κ3) is 7.86. The van der Waals surface area contributed by atoms with E-state index in [0.29, 0.717) is 12.8 Å². The molecule has 23 heavy (non-hydrogen) atoms. The van der Waals surface area contributed by atoms with E-state index in [-0.39, 0.29) is 6.42 Å². The summed E-state index contributed by atoms with van der Waals surface area (Å²) >= 11 is 0. The van der Waals surface area contributed by atoms with Crippen LogP contribution in [0.15, 0.2) is 0 Å². The lowest BCUT2D eigenvalue weighted by atomic mass is 9.74. The minimum Gasteiger partial charge on any atom is -0.198 e. The molecule has 0 N–H and O–H groups in total. The molecule has 5 nitrogen and oxygen atoms in total. The van der Waals surface area contributed by atoms with Gasteiger partial charge in [-0.15, -0.1) is 0 Å². The van der Waals surface area contributed by atoms with E-state index >= 15 is 0 Å². The maximum Gasteiger partial charge on any atom is 0.172 e. The van der Waals surface area contributed by atoms with Crippen molar-refractivity contribution in [1.82, 2.24) is 0 Å². The molecular formula is C18H23N5. The van der Waals surface area contributed by atoms with Crippen LogP contribution >= 0.6 is 0 Å². The van der Waals surface area contributed by atoms with Gasteiger partial charge in [0, 0.05) is 6.42 Å². The largest absolute Gasteiger partial charge is 0.198 e. The Morgan fingerprint density at radius 1 is 0.652 bits per heavy atom. The Balaban J connectivity index is 3.97. The fourth-order valence-corrected chi connectivity index (χ4v) is 2.54. The quantitative estimate of drug-likeness (QED) is 0.491. The summed E-state index contributed by atoms with van der Waals surface area (Å²) < 4.78 is 0. The highest BCUT2D eigenvalue weighted by Crippen LogP contribution is 2.33. The predicted molar refractivity (Wildman–Crippen MR) is 84.8 cm³/mol. The molecule has 0 rings (SSSR count). The van der Waals surface area contributed by atoms with Gasteiger partial charge in [-0.25, -0.2) is 0 Å². The van der Waals surface area contributed by atoms with Gasteiger partial charge >= 0.3 is 0 Å². The van der Waals surface area contributed by atoms with E-state index in [2.05, 4.69) is 6.07 Å². The minimum absolute atomic E-state index is 0.221. The average molecular weight is 309 g/mol. The fraction of sp³-hybridized carbons (Fsp3) is 0.722. The lowest BCUT2D eigenvalue weighted by Crippen LogP contribution is -2.26. The molecule has 0 spiro atoms. The summed E-state index contributed by atoms with van der Waals surface area (Å²) in [5.74, 6) is -0.705. The first kappa shape index (κ1) is 20.5. The number of nitriles is 5. The Kier molecular flexibility index (Phi) is 11.7. The first-order chi connectivity index (χ1) is 11.2. The van der Waals surface area contributed by atoms with Crippen LogP contribution < -0.4 is 0 Å². The Hall–Kier alpha value is -2.55. The molecule has 0 aromatic rings. The second kappa shape index (κ2) is 13.1. The van der Waals surface area contributed by atoms with Gasteiger partial charge in [-0.05, 0) is 12.8 Å². The molecule has 0 aliphatic heterocycles. The molecule has 5 heteroatoms. The van der Waals surface area contributed by atoms with Crippen molar-refractivity contribution >= 4 is 0 Å². The zero-order valence-corrected chi connectivity index (χ0v) is 13.6. The van der Waals surface area contributed by atoms with Gasteiger partial charge in [0.25, 0.3) is 0 Å². The topological polar surface area (TPSA) is 119 Å². The van der Waals surface area contributed by atoms with Crippen LogP contribution in [0.3, 0.4) is 0 Å². The van der Waals surface area contributed by atoms with Crippen LogP contribution in [0.2, 0.25) is 0 Å². The lowest BCUT2D eigenvalue weighted by molar-refractivity contribution is 0.360. The average Bonchev–Trinajstić information content (AvgIpc) is 2.58. The van der Waals surface area contributed by atoms with Crippen LogP contribution in [-0.2, 0) is 0 Å². The number of rotatable bonds is 12. The molecule has 0 aromatic heterocycles. The highest BCUT2D eigenvalue weighted by molar-refractivity contribution is 5.23. The van der Waals surface area contributed by atoms with Crippen molar-refractivity contribution in [2.45, 2.75) is 70.6 Å². The molecule has 1 atom stereocenters. The van der Waals surface area contributed by atoms with Crippen molar-refractivity contribution in [1.29, 1.82) is 26.3 Å². The SMILES string of the molecule is N#CCCCCCCCCCCC(C#N)C(C#N)(C#N)CC#N. The van der Waals surface area contributed by atoms with E-state index < -0.39 is 11.3 Å². The fourth-order valence-electron chi connectivity index (χ4n) is 2.54. The van der Waals surface area contributed by atoms with Crippen LogP contribution in [0.5, 0.6) is 0 Å². The Morgan fingerprint density at radius 2 is 1.17 bits per heavy atom. The molecule has 0 fully saturated rings. The maximum atomic E-state index is 9.21. The number of hydrogen-bond acceptors (Lipinski definition) is 5. The summed E-state index contributed by atoms with van der Waals surface area (Å²) in [5.41, 5.74) is -1.50. The summed E-state index contributed by atoms with van der Waals surface area (Å²) in [6.45, 7) is 0. The summed E-state index contributed by atoms with van der Waals surface area (Å²) in [4.78, 5) is 0. The molecule has 0 aliphatic rings. The monoisotopic (exact) mass is 309 g/mol. The summed E-state index contributed by atoms with van der Waals surface area (Å²) in [6.07, 6.45) is 9.25. The summed E-state index contributed by atoms with van der Waals surface area (Å²) in [5, 5.41) is 44.8. The molecule has 0 saturated heterocycles. The normalized spacial score (nSPS) is 11.3. The lowest BCUT2D eigenvalue weighted by Gasteiger charge is -2.20. The third-order valence-electron chi connectivity index (χ3n) is 4.04. The van der Waals surface area contributed by atoms with Crippen molar-refractivity contribution < 1.29 is 0 Å². The van der Waals surface area contributed by atoms with Crippen LogP contribution in [-0.4, -0.2) is 0 Å². The Bertz CT molecular complexity index is 518. The smallest absolute Gasteiger partial charge is 0.172 e. The van der Waals surface area contributed by atoms with E-state index in [1.807, 2.05) is 24.3 Å². The van der Waals surface area contributed by atoms with Gasteiger partial charge in [0.2, 0.25) is 0 Å². The van der Waals surface area contributed by atoms with E-state index in [9.17, 15) is 15.8 Å². The van der Waals surface area contributed by atoms with Gasteiger partial charge in [0.15, 0.2) is 5.41 Å². The van der Waals surface area contributed by atoms with Gasteiger partial charge in [-0.2, -0.15) is 26.3 Å². The predicted octanol–water partition coefficient (Wildman–Crippen LogP) is 4.50. The van der Waals surface area contributed by atoms with Crippen LogP contribution in [0, 0.1) is 68.0 Å². The molecule has 0 saturated carbocycles. The molecular weight excluding hydrogens is 286 g/mol. The molecule has 0 amide bonds. The van der Waals surface area contributed by atoms with Crippen molar-refractivity contribution in [3.63, 3.8) is 0 Å². The van der Waals surface area contributed by atoms with Gasteiger partial charge < -0.3 is 0 Å². The van der Waals surface area contributed by atoms with Crippen molar-refractivity contribution in [2.75, 3.05) is 0 Å². The number of unbranched alkanes of at least 4 members (excludes halogenated alkanes) is 8. The van der Waals surface area contributed by atoms with Crippen molar-refractivity contribution in [2.24, 2.45) is 11.3 Å². The zero-order valence-electron chi connectivity index (χ0n) is 13.6. The first-order valence-electron chi connectivity index (χ1n) is 8.16. The highest BCUT2D eigenvalue weighted by atomic mass is 14.5. The molecule has 120 valence electrons. The van der Waals surface area contributed by atoms with Crippen LogP contribution in [0.4, 0.5) is 0 Å². The third-order valence-corrected chi connectivity index (χ3v) is 4.04. The van der Waals surface area contributed by atoms with Gasteiger partial charge in [-0.3, -0.25) is 0 Å². The summed E-state index contributed by atoms with van der Waals surface area (Å²) in [6, 6.07) is 9.77. The number of hydrogen-bond donors (Lipinski definition) is 0. The maximum absolute atomic E-state index is 9.21. The summed E-state index contributed by atoms with van der Waals surface area (Å²) in [7, 11) is 0. The molecule has 0 radical (unpaired) electrons. The standard InChI is InChI=1S/C18H23N5/c19-12-9-7-5-3-1-2-4-6-8-10-17(14-21)18(15-22,16-23)11-13-20/h17H,1-11H2.